The maximum absolute atomic E-state index is 13.4. The molecule has 0 N–H and O–H groups in total. The van der Waals surface area contributed by atoms with Crippen LogP contribution in [0.15, 0.2) is 66.9 Å². The summed E-state index contributed by atoms with van der Waals surface area (Å²) in [5.41, 5.74) is 4.42. The van der Waals surface area contributed by atoms with Crippen molar-refractivity contribution in [1.29, 1.82) is 0 Å². The lowest BCUT2D eigenvalue weighted by atomic mass is 9.94. The van der Waals surface area contributed by atoms with Gasteiger partial charge >= 0.3 is 6.09 Å². The molecule has 0 radical (unpaired) electrons. The van der Waals surface area contributed by atoms with Crippen LogP contribution in [0.2, 0.25) is 0 Å². The Morgan fingerprint density at radius 2 is 1.73 bits per heavy atom. The van der Waals surface area contributed by atoms with Gasteiger partial charge in [0.1, 0.15) is 11.4 Å². The number of amides is 2. The molecule has 0 saturated carbocycles. The fourth-order valence-corrected chi connectivity index (χ4v) is 5.86. The van der Waals surface area contributed by atoms with Crippen molar-refractivity contribution in [3.8, 4) is 5.75 Å². The van der Waals surface area contributed by atoms with Gasteiger partial charge in [0.2, 0.25) is 0 Å². The molecule has 1 fully saturated rings. The van der Waals surface area contributed by atoms with Gasteiger partial charge in [0, 0.05) is 36.2 Å². The number of carbonyl (C=O) groups excluding carboxylic acids is 2. The van der Waals surface area contributed by atoms with Gasteiger partial charge < -0.3 is 19.3 Å². The number of benzene rings is 3. The Hall–Kier alpha value is -4.33. The van der Waals surface area contributed by atoms with Gasteiger partial charge in [0.25, 0.3) is 5.91 Å². The molecule has 0 spiro atoms. The van der Waals surface area contributed by atoms with Crippen LogP contribution in [0.25, 0.3) is 10.8 Å². The second kappa shape index (κ2) is 10.6. The van der Waals surface area contributed by atoms with Crippen LogP contribution in [0.3, 0.4) is 0 Å². The van der Waals surface area contributed by atoms with E-state index in [1.807, 2.05) is 72.9 Å². The van der Waals surface area contributed by atoms with Crippen LogP contribution in [-0.2, 0) is 17.8 Å². The lowest BCUT2D eigenvalue weighted by Gasteiger charge is -2.32. The van der Waals surface area contributed by atoms with Gasteiger partial charge in [-0.1, -0.05) is 30.3 Å². The Morgan fingerprint density at radius 3 is 2.44 bits per heavy atom. The molecule has 8 heteroatoms. The van der Waals surface area contributed by atoms with Gasteiger partial charge in [-0.25, -0.2) is 4.79 Å². The third kappa shape index (κ3) is 5.38. The van der Waals surface area contributed by atoms with Crippen molar-refractivity contribution in [2.45, 2.75) is 58.2 Å². The average molecular weight is 553 g/mol. The first-order chi connectivity index (χ1) is 19.7. The summed E-state index contributed by atoms with van der Waals surface area (Å²) in [7, 11) is 1.65. The van der Waals surface area contributed by atoms with E-state index < -0.39 is 5.60 Å². The minimum absolute atomic E-state index is 0.0256. The minimum atomic E-state index is -0.489. The molecular formula is C33H36N4O4. The molecule has 1 saturated heterocycles. The van der Waals surface area contributed by atoms with Gasteiger partial charge in [-0.05, 0) is 80.5 Å². The number of piperidine rings is 1. The Balaban J connectivity index is 1.17. The van der Waals surface area contributed by atoms with E-state index in [1.54, 1.807) is 12.0 Å². The summed E-state index contributed by atoms with van der Waals surface area (Å²) in [5.74, 6) is 1.13. The van der Waals surface area contributed by atoms with E-state index in [1.165, 1.54) is 0 Å². The van der Waals surface area contributed by atoms with E-state index in [0.29, 0.717) is 32.1 Å². The normalized spacial score (nSPS) is 15.6. The second-order valence-electron chi connectivity index (χ2n) is 11.9. The zero-order chi connectivity index (χ0) is 28.7. The predicted molar refractivity (Wildman–Crippen MR) is 159 cm³/mol. The lowest BCUT2D eigenvalue weighted by Crippen LogP contribution is -2.41. The largest absolute Gasteiger partial charge is 0.497 e. The van der Waals surface area contributed by atoms with E-state index in [-0.39, 0.29) is 12.0 Å². The van der Waals surface area contributed by atoms with Crippen molar-refractivity contribution in [3.63, 3.8) is 0 Å². The van der Waals surface area contributed by atoms with Crippen LogP contribution >= 0.6 is 0 Å². The van der Waals surface area contributed by atoms with Crippen molar-refractivity contribution in [2.24, 2.45) is 0 Å². The number of anilines is 1. The van der Waals surface area contributed by atoms with Crippen LogP contribution in [0.4, 0.5) is 10.5 Å². The zero-order valence-electron chi connectivity index (χ0n) is 24.1. The molecular weight excluding hydrogens is 516 g/mol. The van der Waals surface area contributed by atoms with Gasteiger partial charge in [0.05, 0.1) is 31.6 Å². The molecule has 0 aliphatic carbocycles. The van der Waals surface area contributed by atoms with Crippen LogP contribution in [-0.4, -0.2) is 52.5 Å². The smallest absolute Gasteiger partial charge is 0.410 e. The highest BCUT2D eigenvalue weighted by molar-refractivity contribution is 6.25. The summed E-state index contributed by atoms with van der Waals surface area (Å²) < 4.78 is 12.8. The summed E-state index contributed by atoms with van der Waals surface area (Å²) >= 11 is 0. The topological polar surface area (TPSA) is 76.9 Å². The first kappa shape index (κ1) is 26.9. The number of rotatable bonds is 6. The summed E-state index contributed by atoms with van der Waals surface area (Å²) in [4.78, 5) is 29.5. The minimum Gasteiger partial charge on any atom is -0.497 e. The van der Waals surface area contributed by atoms with E-state index in [2.05, 4.69) is 24.3 Å². The SMILES string of the molecule is COc1ccc(CN2C(=O)c3cccc4c(Cn5ccc(C6CCN(C(=O)OC(C)(C)C)CC6)n5)ccc2c34)cc1. The summed E-state index contributed by atoms with van der Waals surface area (Å²) in [6, 6.07) is 20.1. The Bertz CT molecular complexity index is 1590. The number of likely N-dealkylation sites (tertiary alicyclic amines) is 1. The van der Waals surface area contributed by atoms with Crippen molar-refractivity contribution in [2.75, 3.05) is 25.1 Å². The molecule has 212 valence electrons. The molecule has 0 atom stereocenters. The maximum Gasteiger partial charge on any atom is 0.410 e. The number of methoxy groups -OCH3 is 1. The van der Waals surface area contributed by atoms with Gasteiger partial charge in [-0.15, -0.1) is 0 Å². The van der Waals surface area contributed by atoms with Crippen LogP contribution in [0, 0.1) is 0 Å². The Kier molecular flexibility index (Phi) is 6.93. The molecule has 0 bridgehead atoms. The summed E-state index contributed by atoms with van der Waals surface area (Å²) in [6.45, 7) is 8.13. The van der Waals surface area contributed by atoms with E-state index in [0.717, 1.165) is 57.4 Å². The standard InChI is InChI=1S/C33H36N4O4/c1-33(2,3)41-32(39)35-17-14-23(15-18-35)28-16-19-36(34-28)21-24-10-13-29-30-26(24)6-5-7-27(30)31(38)37(29)20-22-8-11-25(40-4)12-9-22/h5-13,16,19,23H,14-15,17-18,20-21H2,1-4H3. The number of nitrogens with zero attached hydrogens (tertiary/aromatic N) is 4. The van der Waals surface area contributed by atoms with Crippen molar-refractivity contribution in [1.82, 2.24) is 14.7 Å². The number of hydrogen-bond acceptors (Lipinski definition) is 5. The van der Waals surface area contributed by atoms with E-state index in [4.69, 9.17) is 14.6 Å². The van der Waals surface area contributed by atoms with Gasteiger partial charge in [-0.3, -0.25) is 9.48 Å². The molecule has 3 aromatic carbocycles. The third-order valence-corrected chi connectivity index (χ3v) is 7.93. The molecule has 2 aliphatic heterocycles. The van der Waals surface area contributed by atoms with Gasteiger partial charge in [-0.2, -0.15) is 5.10 Å². The van der Waals surface area contributed by atoms with Crippen molar-refractivity contribution in [3.05, 3.63) is 89.2 Å². The number of hydrogen-bond donors (Lipinski definition) is 0. The highest BCUT2D eigenvalue weighted by atomic mass is 16.6. The quantitative estimate of drug-likeness (QED) is 0.278. The zero-order valence-corrected chi connectivity index (χ0v) is 24.1. The lowest BCUT2D eigenvalue weighted by molar-refractivity contribution is 0.0204. The molecule has 41 heavy (non-hydrogen) atoms. The van der Waals surface area contributed by atoms with Crippen molar-refractivity contribution < 1.29 is 19.1 Å². The van der Waals surface area contributed by atoms with Gasteiger partial charge in [0.15, 0.2) is 0 Å². The number of carbonyl (C=O) groups is 2. The first-order valence-corrected chi connectivity index (χ1v) is 14.2. The molecule has 6 rings (SSSR count). The van der Waals surface area contributed by atoms with Crippen LogP contribution in [0.5, 0.6) is 5.75 Å². The van der Waals surface area contributed by atoms with Crippen molar-refractivity contribution >= 4 is 28.5 Å². The average Bonchev–Trinajstić information content (AvgIpc) is 3.53. The summed E-state index contributed by atoms with van der Waals surface area (Å²) in [5, 5.41) is 7.00. The monoisotopic (exact) mass is 552 g/mol. The molecule has 8 nitrogen and oxygen atoms in total. The van der Waals surface area contributed by atoms with E-state index in [9.17, 15) is 9.59 Å². The molecule has 2 aliphatic rings. The Labute approximate surface area is 240 Å². The fraction of sp³-hybridized carbons (Fsp3) is 0.364. The molecule has 3 heterocycles. The first-order valence-electron chi connectivity index (χ1n) is 14.2. The molecule has 0 unspecified atom stereocenters. The second-order valence-corrected chi connectivity index (χ2v) is 11.9. The Morgan fingerprint density at radius 1 is 0.976 bits per heavy atom. The third-order valence-electron chi connectivity index (χ3n) is 7.93. The highest BCUT2D eigenvalue weighted by Crippen LogP contribution is 2.40. The number of ether oxygens (including phenoxy) is 2. The number of aromatic nitrogens is 2. The maximum atomic E-state index is 13.4. The van der Waals surface area contributed by atoms with Crippen LogP contribution < -0.4 is 9.64 Å². The summed E-state index contributed by atoms with van der Waals surface area (Å²) in [6.07, 6.45) is 3.52. The molecule has 2 amide bonds. The molecule has 1 aromatic heterocycles. The fourth-order valence-electron chi connectivity index (χ4n) is 5.86. The highest BCUT2D eigenvalue weighted by Gasteiger charge is 2.31. The van der Waals surface area contributed by atoms with Crippen LogP contribution in [0.1, 0.15) is 66.7 Å². The predicted octanol–water partition coefficient (Wildman–Crippen LogP) is 6.37. The molecule has 4 aromatic rings. The van der Waals surface area contributed by atoms with E-state index >= 15 is 0 Å².